The summed E-state index contributed by atoms with van der Waals surface area (Å²) in [6, 6.07) is 23.8. The van der Waals surface area contributed by atoms with Crippen LogP contribution in [-0.2, 0) is 6.61 Å². The molecule has 4 rings (SSSR count). The summed E-state index contributed by atoms with van der Waals surface area (Å²) in [6.07, 6.45) is 1.79. The van der Waals surface area contributed by atoms with Crippen LogP contribution in [0.25, 0.3) is 22.7 Å². The molecule has 0 radical (unpaired) electrons. The Labute approximate surface area is 175 Å². The first-order valence-corrected chi connectivity index (χ1v) is 9.59. The molecule has 0 spiro atoms. The highest BCUT2D eigenvalue weighted by molar-refractivity contribution is 5.90. The lowest BCUT2D eigenvalue weighted by molar-refractivity contribution is 0.284. The summed E-state index contributed by atoms with van der Waals surface area (Å²) in [7, 11) is 1.60. The third kappa shape index (κ3) is 4.18. The third-order valence-corrected chi connectivity index (χ3v) is 4.75. The van der Waals surface area contributed by atoms with Crippen LogP contribution in [0, 0.1) is 18.3 Å². The van der Waals surface area contributed by atoms with Gasteiger partial charge in [-0.05, 0) is 54.0 Å². The molecule has 1 N–H and O–H groups in total. The Balaban J connectivity index is 1.60. The van der Waals surface area contributed by atoms with Gasteiger partial charge in [0.1, 0.15) is 18.5 Å². The standard InChI is InChI=1S/C25H21N3O2/c1-17-8-10-21-22(12-17)28-25(27-21)20(15-26)13-19-9-11-23(24(14-19)29-2)30-16-18-6-4-3-5-7-18/h3-14H,16H2,1-2H3,(H,27,28)/b20-13+. The van der Waals surface area contributed by atoms with Crippen molar-refractivity contribution in [3.63, 3.8) is 0 Å². The van der Waals surface area contributed by atoms with E-state index in [1.165, 1.54) is 0 Å². The highest BCUT2D eigenvalue weighted by atomic mass is 16.5. The number of fused-ring (bicyclic) bond motifs is 1. The second-order valence-electron chi connectivity index (χ2n) is 6.96. The summed E-state index contributed by atoms with van der Waals surface area (Å²) in [6.45, 7) is 2.48. The third-order valence-electron chi connectivity index (χ3n) is 4.75. The van der Waals surface area contributed by atoms with Crippen molar-refractivity contribution < 1.29 is 9.47 Å². The van der Waals surface area contributed by atoms with Crippen LogP contribution < -0.4 is 9.47 Å². The van der Waals surface area contributed by atoms with Gasteiger partial charge in [-0.15, -0.1) is 0 Å². The average molecular weight is 395 g/mol. The fraction of sp³-hybridized carbons (Fsp3) is 0.120. The minimum atomic E-state index is 0.448. The van der Waals surface area contributed by atoms with Crippen molar-refractivity contribution in [1.82, 2.24) is 9.97 Å². The van der Waals surface area contributed by atoms with Gasteiger partial charge in [-0.3, -0.25) is 0 Å². The fourth-order valence-electron chi connectivity index (χ4n) is 3.20. The van der Waals surface area contributed by atoms with Crippen LogP contribution in [0.3, 0.4) is 0 Å². The number of methoxy groups -OCH3 is 1. The number of nitriles is 1. The Morgan fingerprint density at radius 2 is 1.90 bits per heavy atom. The molecule has 0 unspecified atom stereocenters. The maximum Gasteiger partial charge on any atom is 0.161 e. The molecule has 148 valence electrons. The van der Waals surface area contributed by atoms with Crippen LogP contribution in [0.4, 0.5) is 0 Å². The zero-order chi connectivity index (χ0) is 20.9. The van der Waals surface area contributed by atoms with Crippen LogP contribution >= 0.6 is 0 Å². The second kappa shape index (κ2) is 8.54. The summed E-state index contributed by atoms with van der Waals surface area (Å²) >= 11 is 0. The number of aryl methyl sites for hydroxylation is 1. The van der Waals surface area contributed by atoms with E-state index in [1.807, 2.05) is 73.7 Å². The Hall–Kier alpha value is -4.04. The monoisotopic (exact) mass is 395 g/mol. The van der Waals surface area contributed by atoms with Crippen molar-refractivity contribution in [1.29, 1.82) is 5.26 Å². The molecular weight excluding hydrogens is 374 g/mol. The predicted molar refractivity (Wildman–Crippen MR) is 118 cm³/mol. The highest BCUT2D eigenvalue weighted by Crippen LogP contribution is 2.30. The molecule has 0 fully saturated rings. The van der Waals surface area contributed by atoms with Gasteiger partial charge in [-0.25, -0.2) is 4.98 Å². The number of aromatic amines is 1. The Bertz CT molecular complexity index is 1250. The normalized spacial score (nSPS) is 11.3. The van der Waals surface area contributed by atoms with Crippen LogP contribution in [0.15, 0.2) is 66.7 Å². The average Bonchev–Trinajstić information content (AvgIpc) is 3.20. The number of hydrogen-bond donors (Lipinski definition) is 1. The molecule has 5 nitrogen and oxygen atoms in total. The molecule has 0 saturated heterocycles. The first-order valence-electron chi connectivity index (χ1n) is 9.59. The van der Waals surface area contributed by atoms with Crippen molar-refractivity contribution in [2.45, 2.75) is 13.5 Å². The van der Waals surface area contributed by atoms with Gasteiger partial charge in [-0.1, -0.05) is 42.5 Å². The van der Waals surface area contributed by atoms with Gasteiger partial charge >= 0.3 is 0 Å². The molecular formula is C25H21N3O2. The number of ether oxygens (including phenoxy) is 2. The van der Waals surface area contributed by atoms with Crippen LogP contribution in [0.1, 0.15) is 22.5 Å². The molecule has 0 atom stereocenters. The molecule has 0 aliphatic rings. The van der Waals surface area contributed by atoms with Gasteiger partial charge in [0.15, 0.2) is 11.5 Å². The zero-order valence-electron chi connectivity index (χ0n) is 16.8. The number of H-pyrrole nitrogens is 1. The van der Waals surface area contributed by atoms with E-state index in [2.05, 4.69) is 16.0 Å². The quantitative estimate of drug-likeness (QED) is 0.436. The lowest BCUT2D eigenvalue weighted by atomic mass is 10.1. The molecule has 0 saturated carbocycles. The zero-order valence-corrected chi connectivity index (χ0v) is 16.8. The van der Waals surface area contributed by atoms with Crippen molar-refractivity contribution in [2.24, 2.45) is 0 Å². The molecule has 0 bridgehead atoms. The van der Waals surface area contributed by atoms with E-state index in [0.717, 1.165) is 27.7 Å². The summed E-state index contributed by atoms with van der Waals surface area (Å²) in [5, 5.41) is 9.68. The molecule has 5 heteroatoms. The van der Waals surface area contributed by atoms with Crippen LogP contribution in [-0.4, -0.2) is 17.1 Å². The molecule has 30 heavy (non-hydrogen) atoms. The smallest absolute Gasteiger partial charge is 0.161 e. The van der Waals surface area contributed by atoms with Crippen molar-refractivity contribution >= 4 is 22.7 Å². The SMILES string of the molecule is COc1cc(/C=C(\C#N)c2nc3ccc(C)cc3[nH]2)ccc1OCc1ccccc1. The summed E-state index contributed by atoms with van der Waals surface area (Å²) in [5.74, 6) is 1.80. The number of nitrogens with one attached hydrogen (secondary N) is 1. The number of nitrogens with zero attached hydrogens (tertiary/aromatic N) is 2. The lowest BCUT2D eigenvalue weighted by Gasteiger charge is -2.11. The van der Waals surface area contributed by atoms with Crippen molar-refractivity contribution in [3.05, 3.63) is 89.2 Å². The second-order valence-corrected chi connectivity index (χ2v) is 6.96. The van der Waals surface area contributed by atoms with Gasteiger partial charge in [0.25, 0.3) is 0 Å². The lowest BCUT2D eigenvalue weighted by Crippen LogP contribution is -1.97. The van der Waals surface area contributed by atoms with E-state index in [-0.39, 0.29) is 0 Å². The molecule has 1 heterocycles. The van der Waals surface area contributed by atoms with E-state index >= 15 is 0 Å². The van der Waals surface area contributed by atoms with E-state index < -0.39 is 0 Å². The van der Waals surface area contributed by atoms with Crippen molar-refractivity contribution in [3.8, 4) is 17.6 Å². The number of hydrogen-bond acceptors (Lipinski definition) is 4. The van der Waals surface area contributed by atoms with E-state index in [9.17, 15) is 5.26 Å². The number of aromatic nitrogens is 2. The van der Waals surface area contributed by atoms with Crippen LogP contribution in [0.5, 0.6) is 11.5 Å². The summed E-state index contributed by atoms with van der Waals surface area (Å²) in [5.41, 5.74) is 5.23. The predicted octanol–water partition coefficient (Wildman–Crippen LogP) is 5.52. The molecule has 0 aliphatic carbocycles. The maximum absolute atomic E-state index is 9.68. The van der Waals surface area contributed by atoms with Gasteiger partial charge in [0.05, 0.1) is 23.7 Å². The number of rotatable bonds is 6. The van der Waals surface area contributed by atoms with E-state index in [4.69, 9.17) is 9.47 Å². The highest BCUT2D eigenvalue weighted by Gasteiger charge is 2.10. The fourth-order valence-corrected chi connectivity index (χ4v) is 3.20. The summed E-state index contributed by atoms with van der Waals surface area (Å²) < 4.78 is 11.4. The first kappa shape index (κ1) is 19.3. The largest absolute Gasteiger partial charge is 0.493 e. The Morgan fingerprint density at radius 3 is 2.67 bits per heavy atom. The Kier molecular flexibility index (Phi) is 5.49. The molecule has 0 aliphatic heterocycles. The number of imidazole rings is 1. The van der Waals surface area contributed by atoms with Gasteiger partial charge in [0.2, 0.25) is 0 Å². The minimum Gasteiger partial charge on any atom is -0.493 e. The topological polar surface area (TPSA) is 70.9 Å². The number of allylic oxidation sites excluding steroid dienone is 1. The van der Waals surface area contributed by atoms with E-state index in [1.54, 1.807) is 13.2 Å². The minimum absolute atomic E-state index is 0.448. The molecule has 4 aromatic rings. The maximum atomic E-state index is 9.68. The van der Waals surface area contributed by atoms with Gasteiger partial charge in [0, 0.05) is 0 Å². The van der Waals surface area contributed by atoms with Crippen molar-refractivity contribution in [2.75, 3.05) is 7.11 Å². The van der Waals surface area contributed by atoms with Gasteiger partial charge in [-0.2, -0.15) is 5.26 Å². The van der Waals surface area contributed by atoms with E-state index in [0.29, 0.717) is 29.5 Å². The Morgan fingerprint density at radius 1 is 1.07 bits per heavy atom. The summed E-state index contributed by atoms with van der Waals surface area (Å²) in [4.78, 5) is 7.77. The van der Waals surface area contributed by atoms with Crippen LogP contribution in [0.2, 0.25) is 0 Å². The molecule has 3 aromatic carbocycles. The number of benzene rings is 3. The molecule has 1 aromatic heterocycles. The molecule has 0 amide bonds. The first-order chi connectivity index (χ1) is 14.7. The van der Waals surface area contributed by atoms with Gasteiger partial charge < -0.3 is 14.5 Å².